The SMILES string of the molecule is C=CCNC(=O)c1cc2c(=O)n3cccc(C)c3nc2n(CC)c1=N. The number of hydrogen-bond acceptors (Lipinski definition) is 4. The Morgan fingerprint density at radius 1 is 1.44 bits per heavy atom. The van der Waals surface area contributed by atoms with E-state index in [9.17, 15) is 9.59 Å². The van der Waals surface area contributed by atoms with Crippen molar-refractivity contribution in [3.63, 3.8) is 0 Å². The van der Waals surface area contributed by atoms with Gasteiger partial charge in [-0.1, -0.05) is 12.1 Å². The molecule has 0 saturated heterocycles. The Labute approximate surface area is 143 Å². The number of aryl methyl sites for hydroxylation is 2. The Bertz CT molecular complexity index is 1120. The maximum Gasteiger partial charge on any atom is 0.267 e. The lowest BCUT2D eigenvalue weighted by Crippen LogP contribution is -2.34. The number of fused-ring (bicyclic) bond motifs is 2. The van der Waals surface area contributed by atoms with Crippen LogP contribution >= 0.6 is 0 Å². The van der Waals surface area contributed by atoms with E-state index in [4.69, 9.17) is 5.41 Å². The van der Waals surface area contributed by atoms with E-state index in [1.807, 2.05) is 19.9 Å². The van der Waals surface area contributed by atoms with Crippen LogP contribution in [0.3, 0.4) is 0 Å². The van der Waals surface area contributed by atoms with E-state index in [0.717, 1.165) is 5.56 Å². The smallest absolute Gasteiger partial charge is 0.267 e. The number of nitrogens with one attached hydrogen (secondary N) is 2. The minimum Gasteiger partial charge on any atom is -0.348 e. The molecule has 0 aliphatic carbocycles. The molecule has 0 aliphatic heterocycles. The van der Waals surface area contributed by atoms with Gasteiger partial charge in [0.2, 0.25) is 0 Å². The molecule has 0 radical (unpaired) electrons. The van der Waals surface area contributed by atoms with Crippen LogP contribution in [0.5, 0.6) is 0 Å². The van der Waals surface area contributed by atoms with Gasteiger partial charge in [0.25, 0.3) is 11.5 Å². The average molecular weight is 337 g/mol. The van der Waals surface area contributed by atoms with Gasteiger partial charge >= 0.3 is 0 Å². The molecule has 3 aromatic heterocycles. The molecule has 7 heteroatoms. The molecule has 3 rings (SSSR count). The van der Waals surface area contributed by atoms with Gasteiger partial charge in [0.1, 0.15) is 16.8 Å². The first-order valence-corrected chi connectivity index (χ1v) is 7.98. The highest BCUT2D eigenvalue weighted by Crippen LogP contribution is 2.12. The van der Waals surface area contributed by atoms with Crippen LogP contribution in [0.2, 0.25) is 0 Å². The highest BCUT2D eigenvalue weighted by molar-refractivity contribution is 5.96. The summed E-state index contributed by atoms with van der Waals surface area (Å²) in [6.45, 7) is 8.00. The normalized spacial score (nSPS) is 11.0. The molecule has 0 aromatic carbocycles. The van der Waals surface area contributed by atoms with Gasteiger partial charge in [0.15, 0.2) is 0 Å². The monoisotopic (exact) mass is 337 g/mol. The molecule has 0 unspecified atom stereocenters. The summed E-state index contributed by atoms with van der Waals surface area (Å²) in [6, 6.07) is 5.11. The average Bonchev–Trinajstić information content (AvgIpc) is 2.60. The fraction of sp³-hybridized carbons (Fsp3) is 0.222. The van der Waals surface area contributed by atoms with Crippen molar-refractivity contribution < 1.29 is 4.79 Å². The topological polar surface area (TPSA) is 92.2 Å². The summed E-state index contributed by atoms with van der Waals surface area (Å²) in [5.74, 6) is -0.414. The molecule has 3 aromatic rings. The summed E-state index contributed by atoms with van der Waals surface area (Å²) in [7, 11) is 0. The van der Waals surface area contributed by atoms with Crippen LogP contribution in [0.15, 0.2) is 41.8 Å². The molecule has 2 N–H and O–H groups in total. The second kappa shape index (κ2) is 6.35. The number of rotatable bonds is 4. The minimum absolute atomic E-state index is 0.0291. The van der Waals surface area contributed by atoms with Crippen molar-refractivity contribution in [3.05, 3.63) is 64.0 Å². The lowest BCUT2D eigenvalue weighted by Gasteiger charge is -2.13. The van der Waals surface area contributed by atoms with Crippen LogP contribution in [-0.4, -0.2) is 26.4 Å². The quantitative estimate of drug-likeness (QED) is 0.556. The predicted octanol–water partition coefficient (Wildman–Crippen LogP) is 1.37. The van der Waals surface area contributed by atoms with E-state index in [1.54, 1.807) is 22.9 Å². The number of pyridine rings is 2. The zero-order chi connectivity index (χ0) is 18.1. The Hall–Kier alpha value is -3.22. The highest BCUT2D eigenvalue weighted by atomic mass is 16.1. The van der Waals surface area contributed by atoms with Gasteiger partial charge in [-0.25, -0.2) is 4.98 Å². The van der Waals surface area contributed by atoms with Gasteiger partial charge in [0.05, 0.1) is 10.9 Å². The van der Waals surface area contributed by atoms with Crippen molar-refractivity contribution in [3.8, 4) is 0 Å². The number of nitrogens with zero attached hydrogens (tertiary/aromatic N) is 3. The molecular formula is C18H19N5O2. The molecule has 0 bridgehead atoms. The Morgan fingerprint density at radius 2 is 2.20 bits per heavy atom. The van der Waals surface area contributed by atoms with Crippen molar-refractivity contribution in [1.82, 2.24) is 19.3 Å². The zero-order valence-corrected chi connectivity index (χ0v) is 14.2. The van der Waals surface area contributed by atoms with Crippen molar-refractivity contribution in [2.75, 3.05) is 6.54 Å². The first kappa shape index (κ1) is 16.6. The predicted molar refractivity (Wildman–Crippen MR) is 95.8 cm³/mol. The summed E-state index contributed by atoms with van der Waals surface area (Å²) in [6.07, 6.45) is 3.21. The van der Waals surface area contributed by atoms with E-state index >= 15 is 0 Å². The van der Waals surface area contributed by atoms with Crippen molar-refractivity contribution in [2.45, 2.75) is 20.4 Å². The zero-order valence-electron chi connectivity index (χ0n) is 14.2. The second-order valence-electron chi connectivity index (χ2n) is 5.69. The van der Waals surface area contributed by atoms with Crippen LogP contribution in [-0.2, 0) is 6.54 Å². The van der Waals surface area contributed by atoms with Crippen molar-refractivity contribution in [2.24, 2.45) is 0 Å². The van der Waals surface area contributed by atoms with Gasteiger partial charge < -0.3 is 9.88 Å². The van der Waals surface area contributed by atoms with Crippen LogP contribution in [0, 0.1) is 12.3 Å². The summed E-state index contributed by atoms with van der Waals surface area (Å²) < 4.78 is 3.04. The Morgan fingerprint density at radius 3 is 2.88 bits per heavy atom. The first-order valence-electron chi connectivity index (χ1n) is 7.98. The second-order valence-corrected chi connectivity index (χ2v) is 5.69. The fourth-order valence-corrected chi connectivity index (χ4v) is 2.84. The lowest BCUT2D eigenvalue weighted by atomic mass is 10.2. The van der Waals surface area contributed by atoms with E-state index in [1.165, 1.54) is 10.5 Å². The van der Waals surface area contributed by atoms with E-state index in [-0.39, 0.29) is 23.2 Å². The number of hydrogen-bond donors (Lipinski definition) is 2. The van der Waals surface area contributed by atoms with Crippen LogP contribution < -0.4 is 16.4 Å². The molecule has 128 valence electrons. The third-order valence-electron chi connectivity index (χ3n) is 4.10. The van der Waals surface area contributed by atoms with E-state index in [0.29, 0.717) is 23.2 Å². The summed E-state index contributed by atoms with van der Waals surface area (Å²) in [5.41, 5.74) is 1.73. The maximum absolute atomic E-state index is 12.9. The molecule has 0 saturated carbocycles. The van der Waals surface area contributed by atoms with Gasteiger partial charge in [-0.05, 0) is 31.5 Å². The summed E-state index contributed by atoms with van der Waals surface area (Å²) >= 11 is 0. The number of carbonyl (C=O) groups is 1. The largest absolute Gasteiger partial charge is 0.348 e. The van der Waals surface area contributed by atoms with Gasteiger partial charge in [0, 0.05) is 19.3 Å². The molecule has 0 fully saturated rings. The lowest BCUT2D eigenvalue weighted by molar-refractivity contribution is 0.0955. The van der Waals surface area contributed by atoms with Gasteiger partial charge in [-0.15, -0.1) is 6.58 Å². The standard InChI is InChI=1S/C18H19N5O2/c1-4-8-20-17(24)12-10-13-16(22(5-2)14(12)19)21-15-11(3)7-6-9-23(15)18(13)25/h4,6-7,9-10,19H,1,5,8H2,2-3H3,(H,20,24). The molecule has 7 nitrogen and oxygen atoms in total. The van der Waals surface area contributed by atoms with Gasteiger partial charge in [-0.3, -0.25) is 19.4 Å². The van der Waals surface area contributed by atoms with Crippen LogP contribution in [0.1, 0.15) is 22.8 Å². The molecule has 0 atom stereocenters. The molecular weight excluding hydrogens is 318 g/mol. The minimum atomic E-state index is -0.414. The number of carbonyl (C=O) groups excluding carboxylic acids is 1. The molecule has 0 spiro atoms. The Kier molecular flexibility index (Phi) is 4.22. The molecule has 25 heavy (non-hydrogen) atoms. The molecule has 1 amide bonds. The van der Waals surface area contributed by atoms with Crippen molar-refractivity contribution >= 4 is 22.6 Å². The van der Waals surface area contributed by atoms with Crippen LogP contribution in [0.25, 0.3) is 16.7 Å². The van der Waals surface area contributed by atoms with E-state index < -0.39 is 5.91 Å². The third kappa shape index (κ3) is 2.63. The van der Waals surface area contributed by atoms with Crippen molar-refractivity contribution in [1.29, 1.82) is 5.41 Å². The number of amides is 1. The number of aromatic nitrogens is 3. The first-order chi connectivity index (χ1) is 12.0. The third-order valence-corrected chi connectivity index (χ3v) is 4.10. The molecule has 3 heterocycles. The fourth-order valence-electron chi connectivity index (χ4n) is 2.84. The summed E-state index contributed by atoms with van der Waals surface area (Å²) in [5, 5.41) is 11.3. The highest BCUT2D eigenvalue weighted by Gasteiger charge is 2.16. The maximum atomic E-state index is 12.9. The van der Waals surface area contributed by atoms with Gasteiger partial charge in [-0.2, -0.15) is 0 Å². The van der Waals surface area contributed by atoms with Crippen LogP contribution in [0.4, 0.5) is 0 Å². The summed E-state index contributed by atoms with van der Waals surface area (Å²) in [4.78, 5) is 29.8. The van der Waals surface area contributed by atoms with E-state index in [2.05, 4.69) is 16.9 Å². The Balaban J connectivity index is 2.43. The molecule has 0 aliphatic rings.